The minimum Gasteiger partial charge on any atom is -0.493 e. The van der Waals surface area contributed by atoms with Crippen molar-refractivity contribution < 1.29 is 23.8 Å². The zero-order valence-corrected chi connectivity index (χ0v) is 15.6. The number of hydrogen-bond donors (Lipinski definition) is 2. The summed E-state index contributed by atoms with van der Waals surface area (Å²) in [5, 5.41) is 5.54. The molecule has 0 aliphatic rings. The van der Waals surface area contributed by atoms with Crippen LogP contribution in [0.4, 0.5) is 0 Å². The second kappa shape index (κ2) is 9.88. The number of rotatable bonds is 10. The van der Waals surface area contributed by atoms with Gasteiger partial charge < -0.3 is 24.8 Å². The average molecular weight is 352 g/mol. The fraction of sp³-hybridized carbons (Fsp3) is 0.556. The van der Waals surface area contributed by atoms with Gasteiger partial charge in [-0.3, -0.25) is 9.59 Å². The summed E-state index contributed by atoms with van der Waals surface area (Å²) in [6.45, 7) is 4.52. The van der Waals surface area contributed by atoms with Crippen molar-refractivity contribution in [1.29, 1.82) is 0 Å². The van der Waals surface area contributed by atoms with Gasteiger partial charge in [-0.05, 0) is 38.0 Å². The van der Waals surface area contributed by atoms with Crippen LogP contribution in [0.1, 0.15) is 25.8 Å². The van der Waals surface area contributed by atoms with Crippen molar-refractivity contribution in [3.8, 4) is 11.5 Å². The summed E-state index contributed by atoms with van der Waals surface area (Å²) in [4.78, 5) is 24.6. The molecule has 0 atom stereocenters. The number of nitrogens with one attached hydrogen (secondary N) is 2. The predicted molar refractivity (Wildman–Crippen MR) is 94.7 cm³/mol. The van der Waals surface area contributed by atoms with Crippen LogP contribution in [-0.2, 0) is 20.9 Å². The Morgan fingerprint density at radius 1 is 1.00 bits per heavy atom. The molecule has 0 bridgehead atoms. The summed E-state index contributed by atoms with van der Waals surface area (Å²) >= 11 is 0. The number of benzene rings is 1. The Kier molecular flexibility index (Phi) is 8.21. The van der Waals surface area contributed by atoms with Crippen molar-refractivity contribution in [2.45, 2.75) is 26.8 Å². The Morgan fingerprint density at radius 3 is 2.24 bits per heavy atom. The van der Waals surface area contributed by atoms with E-state index in [1.807, 2.05) is 6.07 Å². The van der Waals surface area contributed by atoms with Crippen LogP contribution in [0.25, 0.3) is 0 Å². The van der Waals surface area contributed by atoms with Crippen molar-refractivity contribution in [2.75, 3.05) is 34.5 Å². The Balaban J connectivity index is 2.61. The van der Waals surface area contributed by atoms with E-state index in [9.17, 15) is 9.59 Å². The molecule has 140 valence electrons. The van der Waals surface area contributed by atoms with Gasteiger partial charge in [-0.25, -0.2) is 0 Å². The monoisotopic (exact) mass is 352 g/mol. The van der Waals surface area contributed by atoms with Gasteiger partial charge in [0.15, 0.2) is 11.5 Å². The Hall–Kier alpha value is -2.28. The van der Waals surface area contributed by atoms with E-state index in [0.717, 1.165) is 5.56 Å². The number of carbonyl (C=O) groups is 2. The van der Waals surface area contributed by atoms with Crippen molar-refractivity contribution >= 4 is 11.8 Å². The molecule has 0 unspecified atom stereocenters. The van der Waals surface area contributed by atoms with Crippen LogP contribution in [0.2, 0.25) is 0 Å². The van der Waals surface area contributed by atoms with Gasteiger partial charge in [0.25, 0.3) is 0 Å². The number of carbonyl (C=O) groups excluding carboxylic acids is 2. The molecule has 0 heterocycles. The third kappa shape index (κ3) is 5.94. The summed E-state index contributed by atoms with van der Waals surface area (Å²) in [6, 6.07) is 5.39. The molecule has 1 aromatic carbocycles. The van der Waals surface area contributed by atoms with Gasteiger partial charge in [0.05, 0.1) is 14.2 Å². The molecular formula is C18H28N2O5. The van der Waals surface area contributed by atoms with Gasteiger partial charge >= 0.3 is 0 Å². The number of hydrogen-bond acceptors (Lipinski definition) is 5. The van der Waals surface area contributed by atoms with E-state index in [1.165, 1.54) is 0 Å². The SMILES string of the molecule is COCCCNC(=O)C(C)(C)C(=O)NCc1ccc(OC)c(OC)c1. The first-order valence-corrected chi connectivity index (χ1v) is 8.13. The van der Waals surface area contributed by atoms with Gasteiger partial charge in [0.2, 0.25) is 11.8 Å². The largest absolute Gasteiger partial charge is 0.493 e. The minimum atomic E-state index is -1.16. The van der Waals surface area contributed by atoms with Gasteiger partial charge in [-0.2, -0.15) is 0 Å². The lowest BCUT2D eigenvalue weighted by atomic mass is 9.91. The highest BCUT2D eigenvalue weighted by atomic mass is 16.5. The summed E-state index contributed by atoms with van der Waals surface area (Å²) < 4.78 is 15.4. The van der Waals surface area contributed by atoms with Crippen molar-refractivity contribution in [3.05, 3.63) is 23.8 Å². The quantitative estimate of drug-likeness (QED) is 0.492. The lowest BCUT2D eigenvalue weighted by Gasteiger charge is -2.23. The van der Waals surface area contributed by atoms with Crippen molar-refractivity contribution in [2.24, 2.45) is 5.41 Å². The van der Waals surface area contributed by atoms with E-state index in [2.05, 4.69) is 10.6 Å². The van der Waals surface area contributed by atoms with E-state index >= 15 is 0 Å². The normalized spacial score (nSPS) is 10.9. The second-order valence-electron chi connectivity index (χ2n) is 6.10. The minimum absolute atomic E-state index is 0.291. The van der Waals surface area contributed by atoms with Crippen LogP contribution < -0.4 is 20.1 Å². The molecule has 0 saturated heterocycles. The molecule has 25 heavy (non-hydrogen) atoms. The standard InChI is InChI=1S/C18H28N2O5/c1-18(2,16(21)19-9-6-10-23-3)17(22)20-12-13-7-8-14(24-4)15(11-13)25-5/h7-8,11H,6,9-10,12H2,1-5H3,(H,19,21)(H,20,22). The zero-order valence-electron chi connectivity index (χ0n) is 15.6. The molecule has 0 aromatic heterocycles. The first-order valence-electron chi connectivity index (χ1n) is 8.13. The highest BCUT2D eigenvalue weighted by molar-refractivity contribution is 6.04. The second-order valence-corrected chi connectivity index (χ2v) is 6.10. The molecular weight excluding hydrogens is 324 g/mol. The van der Waals surface area contributed by atoms with Crippen LogP contribution in [-0.4, -0.2) is 46.3 Å². The van der Waals surface area contributed by atoms with Crippen LogP contribution in [0, 0.1) is 5.41 Å². The molecule has 2 N–H and O–H groups in total. The smallest absolute Gasteiger partial charge is 0.235 e. The summed E-state index contributed by atoms with van der Waals surface area (Å²) in [6.07, 6.45) is 0.700. The predicted octanol–water partition coefficient (Wildman–Crippen LogP) is 1.50. The fourth-order valence-corrected chi connectivity index (χ4v) is 2.14. The molecule has 0 fully saturated rings. The summed E-state index contributed by atoms with van der Waals surface area (Å²) in [5.74, 6) is 0.553. The molecule has 0 radical (unpaired) electrons. The van der Waals surface area contributed by atoms with Crippen LogP contribution in [0.5, 0.6) is 11.5 Å². The molecule has 0 saturated carbocycles. The van der Waals surface area contributed by atoms with E-state index in [1.54, 1.807) is 47.3 Å². The van der Waals surface area contributed by atoms with E-state index in [-0.39, 0.29) is 11.8 Å². The highest BCUT2D eigenvalue weighted by Gasteiger charge is 2.35. The molecule has 2 amide bonds. The molecule has 7 nitrogen and oxygen atoms in total. The van der Waals surface area contributed by atoms with Crippen LogP contribution >= 0.6 is 0 Å². The lowest BCUT2D eigenvalue weighted by molar-refractivity contribution is -0.141. The zero-order chi connectivity index (χ0) is 18.9. The van der Waals surface area contributed by atoms with Crippen molar-refractivity contribution in [1.82, 2.24) is 10.6 Å². The van der Waals surface area contributed by atoms with Gasteiger partial charge in [-0.15, -0.1) is 0 Å². The van der Waals surface area contributed by atoms with Gasteiger partial charge in [0, 0.05) is 26.8 Å². The van der Waals surface area contributed by atoms with Crippen molar-refractivity contribution in [3.63, 3.8) is 0 Å². The molecule has 7 heteroatoms. The maximum Gasteiger partial charge on any atom is 0.235 e. The highest BCUT2D eigenvalue weighted by Crippen LogP contribution is 2.27. The molecule has 1 rings (SSSR count). The lowest BCUT2D eigenvalue weighted by Crippen LogP contribution is -2.47. The molecule has 0 aliphatic heterocycles. The first kappa shape index (κ1) is 20.8. The number of amides is 2. The Labute approximate surface area is 149 Å². The fourth-order valence-electron chi connectivity index (χ4n) is 2.14. The molecule has 0 aliphatic carbocycles. The third-order valence-corrected chi connectivity index (χ3v) is 3.85. The average Bonchev–Trinajstić information content (AvgIpc) is 2.62. The maximum absolute atomic E-state index is 12.4. The van der Waals surface area contributed by atoms with Crippen LogP contribution in [0.15, 0.2) is 18.2 Å². The Bertz CT molecular complexity index is 587. The van der Waals surface area contributed by atoms with E-state index in [0.29, 0.717) is 37.6 Å². The topological polar surface area (TPSA) is 85.9 Å². The number of methoxy groups -OCH3 is 3. The van der Waals surface area contributed by atoms with Gasteiger partial charge in [-0.1, -0.05) is 6.07 Å². The maximum atomic E-state index is 12.4. The first-order chi connectivity index (χ1) is 11.9. The summed E-state index contributed by atoms with van der Waals surface area (Å²) in [7, 11) is 4.72. The molecule has 0 spiro atoms. The third-order valence-electron chi connectivity index (χ3n) is 3.85. The molecule has 1 aromatic rings. The van der Waals surface area contributed by atoms with Crippen LogP contribution in [0.3, 0.4) is 0 Å². The van der Waals surface area contributed by atoms with Gasteiger partial charge in [0.1, 0.15) is 5.41 Å². The number of ether oxygens (including phenoxy) is 3. The van der Waals surface area contributed by atoms with E-state index < -0.39 is 5.41 Å². The summed E-state index contributed by atoms with van der Waals surface area (Å²) in [5.41, 5.74) is -0.314. The van der Waals surface area contributed by atoms with E-state index in [4.69, 9.17) is 14.2 Å². The Morgan fingerprint density at radius 2 is 1.64 bits per heavy atom.